The minimum Gasteiger partial charge on any atom is -0.481 e. The Kier molecular flexibility index (Phi) is 2.18. The lowest BCUT2D eigenvalue weighted by atomic mass is 10.2. The first-order valence-electron chi connectivity index (χ1n) is 4.67. The third-order valence-electron chi connectivity index (χ3n) is 2.45. The van der Waals surface area contributed by atoms with Crippen LogP contribution >= 0.6 is 0 Å². The fourth-order valence-corrected chi connectivity index (χ4v) is 1.31. The normalized spacial score (nSPS) is 18.1. The van der Waals surface area contributed by atoms with E-state index in [0.717, 1.165) is 6.54 Å². The Hall–Kier alpha value is -1.46. The molecule has 14 heavy (non-hydrogen) atoms. The Labute approximate surface area is 80.9 Å². The molecule has 0 amide bonds. The average Bonchev–Trinajstić information content (AvgIpc) is 2.82. The number of carboxylic acid groups (broad SMARTS) is 1. The van der Waals surface area contributed by atoms with Crippen LogP contribution in [-0.4, -0.2) is 31.3 Å². The van der Waals surface area contributed by atoms with Crippen LogP contribution in [0.25, 0.3) is 0 Å². The molecule has 0 aromatic carbocycles. The van der Waals surface area contributed by atoms with E-state index < -0.39 is 11.9 Å². The zero-order valence-corrected chi connectivity index (χ0v) is 7.92. The first-order chi connectivity index (χ1) is 6.68. The van der Waals surface area contributed by atoms with Crippen LogP contribution in [0.1, 0.15) is 31.5 Å². The van der Waals surface area contributed by atoms with E-state index >= 15 is 0 Å². The van der Waals surface area contributed by atoms with Gasteiger partial charge < -0.3 is 5.11 Å². The van der Waals surface area contributed by atoms with Crippen molar-refractivity contribution in [2.75, 3.05) is 0 Å². The van der Waals surface area contributed by atoms with Gasteiger partial charge in [-0.2, -0.15) is 0 Å². The molecule has 1 aliphatic carbocycles. The fourth-order valence-electron chi connectivity index (χ4n) is 1.31. The summed E-state index contributed by atoms with van der Waals surface area (Å²) < 4.78 is 1.61. The van der Waals surface area contributed by atoms with Crippen LogP contribution in [0.4, 0.5) is 0 Å². The van der Waals surface area contributed by atoms with Gasteiger partial charge >= 0.3 is 5.97 Å². The van der Waals surface area contributed by atoms with Crippen LogP contribution < -0.4 is 0 Å². The van der Waals surface area contributed by atoms with Gasteiger partial charge in [0.15, 0.2) is 5.82 Å². The Morgan fingerprint density at radius 2 is 2.43 bits per heavy atom. The van der Waals surface area contributed by atoms with E-state index in [1.165, 1.54) is 12.8 Å². The number of aliphatic carboxylic acids is 1. The molecule has 6 nitrogen and oxygen atoms in total. The summed E-state index contributed by atoms with van der Waals surface area (Å²) in [4.78, 5) is 10.7. The molecule has 1 aliphatic rings. The number of hydrogen-bond donors (Lipinski definition) is 1. The second kappa shape index (κ2) is 3.36. The van der Waals surface area contributed by atoms with Crippen molar-refractivity contribution in [3.05, 3.63) is 5.82 Å². The number of hydrogen-bond acceptors (Lipinski definition) is 4. The van der Waals surface area contributed by atoms with Gasteiger partial charge in [0.05, 0.1) is 0 Å². The second-order valence-electron chi connectivity index (χ2n) is 3.72. The maximum atomic E-state index is 10.7. The molecule has 0 saturated heterocycles. The van der Waals surface area contributed by atoms with Crippen molar-refractivity contribution >= 4 is 5.97 Å². The highest BCUT2D eigenvalue weighted by Gasteiger charge is 2.27. The summed E-state index contributed by atoms with van der Waals surface area (Å²) in [7, 11) is 0. The smallest absolute Gasteiger partial charge is 0.314 e. The molecule has 0 bridgehead atoms. The van der Waals surface area contributed by atoms with Crippen molar-refractivity contribution in [3.8, 4) is 0 Å². The van der Waals surface area contributed by atoms with Gasteiger partial charge in [-0.3, -0.25) is 4.79 Å². The molecule has 0 radical (unpaired) electrons. The quantitative estimate of drug-likeness (QED) is 0.747. The summed E-state index contributed by atoms with van der Waals surface area (Å²) in [6, 6.07) is 0. The van der Waals surface area contributed by atoms with Crippen molar-refractivity contribution in [1.29, 1.82) is 0 Å². The van der Waals surface area contributed by atoms with E-state index in [-0.39, 0.29) is 0 Å². The van der Waals surface area contributed by atoms with E-state index in [0.29, 0.717) is 11.7 Å². The lowest BCUT2D eigenvalue weighted by Gasteiger charge is -2.06. The van der Waals surface area contributed by atoms with Crippen molar-refractivity contribution in [3.63, 3.8) is 0 Å². The predicted molar refractivity (Wildman–Crippen MR) is 46.6 cm³/mol. The summed E-state index contributed by atoms with van der Waals surface area (Å²) in [6.07, 6.45) is 2.39. The lowest BCUT2D eigenvalue weighted by molar-refractivity contribution is -0.138. The number of carbonyl (C=O) groups is 1. The minimum absolute atomic E-state index is 0.449. The topological polar surface area (TPSA) is 80.9 Å². The van der Waals surface area contributed by atoms with Gasteiger partial charge in [0.1, 0.15) is 5.92 Å². The Balaban J connectivity index is 2.14. The van der Waals surface area contributed by atoms with E-state index in [9.17, 15) is 4.79 Å². The third kappa shape index (κ3) is 1.73. The first kappa shape index (κ1) is 9.11. The molecule has 6 heteroatoms. The van der Waals surface area contributed by atoms with Crippen molar-refractivity contribution < 1.29 is 9.90 Å². The van der Waals surface area contributed by atoms with Crippen LogP contribution in [-0.2, 0) is 11.3 Å². The minimum atomic E-state index is -0.892. The van der Waals surface area contributed by atoms with Gasteiger partial charge in [0.25, 0.3) is 0 Å². The summed E-state index contributed by atoms with van der Waals surface area (Å²) in [6.45, 7) is 2.34. The van der Waals surface area contributed by atoms with Crippen LogP contribution in [0.15, 0.2) is 0 Å². The second-order valence-corrected chi connectivity index (χ2v) is 3.72. The molecule has 1 aromatic rings. The maximum Gasteiger partial charge on any atom is 0.314 e. The highest BCUT2D eigenvalue weighted by atomic mass is 16.4. The van der Waals surface area contributed by atoms with Gasteiger partial charge in [0, 0.05) is 6.54 Å². The molecule has 1 atom stereocenters. The molecular weight excluding hydrogens is 184 g/mol. The highest BCUT2D eigenvalue weighted by molar-refractivity contribution is 5.74. The zero-order valence-electron chi connectivity index (χ0n) is 7.92. The molecule has 2 rings (SSSR count). The van der Waals surface area contributed by atoms with Crippen molar-refractivity contribution in [1.82, 2.24) is 20.2 Å². The molecule has 1 saturated carbocycles. The Bertz CT molecular complexity index is 345. The molecule has 1 N–H and O–H groups in total. The summed E-state index contributed by atoms with van der Waals surface area (Å²) in [5, 5.41) is 19.9. The van der Waals surface area contributed by atoms with Crippen LogP contribution in [0.2, 0.25) is 0 Å². The summed E-state index contributed by atoms with van der Waals surface area (Å²) in [5.74, 6) is -0.441. The summed E-state index contributed by atoms with van der Waals surface area (Å²) >= 11 is 0. The molecule has 0 spiro atoms. The van der Waals surface area contributed by atoms with Gasteiger partial charge in [-0.15, -0.1) is 5.10 Å². The monoisotopic (exact) mass is 196 g/mol. The van der Waals surface area contributed by atoms with Crippen molar-refractivity contribution in [2.45, 2.75) is 32.2 Å². The molecule has 1 heterocycles. The number of aromatic nitrogens is 4. The van der Waals surface area contributed by atoms with E-state index in [4.69, 9.17) is 5.11 Å². The average molecular weight is 196 g/mol. The van der Waals surface area contributed by atoms with Crippen molar-refractivity contribution in [2.24, 2.45) is 5.92 Å². The van der Waals surface area contributed by atoms with E-state index in [1.54, 1.807) is 11.6 Å². The Morgan fingerprint density at radius 3 is 3.00 bits per heavy atom. The maximum absolute atomic E-state index is 10.7. The van der Waals surface area contributed by atoms with Gasteiger partial charge in [0.2, 0.25) is 0 Å². The number of tetrazole rings is 1. The molecule has 1 unspecified atom stereocenters. The standard InChI is InChI=1S/C8H12N4O2/c1-5(8(13)14)7-9-10-11-12(7)4-6-2-3-6/h5-6H,2-4H2,1H3,(H,13,14). The lowest BCUT2D eigenvalue weighted by Crippen LogP contribution is -2.16. The van der Waals surface area contributed by atoms with Gasteiger partial charge in [-0.05, 0) is 36.1 Å². The number of nitrogens with zero attached hydrogens (tertiary/aromatic N) is 4. The summed E-state index contributed by atoms with van der Waals surface area (Å²) in [5.41, 5.74) is 0. The number of carboxylic acids is 1. The Morgan fingerprint density at radius 1 is 1.71 bits per heavy atom. The largest absolute Gasteiger partial charge is 0.481 e. The van der Waals surface area contributed by atoms with Crippen LogP contribution in [0.3, 0.4) is 0 Å². The van der Waals surface area contributed by atoms with Gasteiger partial charge in [-0.25, -0.2) is 4.68 Å². The van der Waals surface area contributed by atoms with E-state index in [1.807, 2.05) is 0 Å². The molecule has 1 aromatic heterocycles. The first-order valence-corrected chi connectivity index (χ1v) is 4.67. The van der Waals surface area contributed by atoms with Crippen LogP contribution in [0.5, 0.6) is 0 Å². The zero-order chi connectivity index (χ0) is 10.1. The SMILES string of the molecule is CC(C(=O)O)c1nnnn1CC1CC1. The van der Waals surface area contributed by atoms with E-state index in [2.05, 4.69) is 15.5 Å². The fraction of sp³-hybridized carbons (Fsp3) is 0.750. The molecule has 0 aliphatic heterocycles. The molecular formula is C8H12N4O2. The third-order valence-corrected chi connectivity index (χ3v) is 2.45. The predicted octanol–water partition coefficient (Wildman–Crippen LogP) is 0.271. The molecule has 1 fully saturated rings. The molecule has 76 valence electrons. The van der Waals surface area contributed by atoms with Gasteiger partial charge in [-0.1, -0.05) is 0 Å². The highest BCUT2D eigenvalue weighted by Crippen LogP contribution is 2.30. The number of rotatable bonds is 4. The van der Waals surface area contributed by atoms with Crippen LogP contribution in [0, 0.1) is 5.92 Å².